The Kier molecular flexibility index (Phi) is 11.7. The smallest absolute Gasteiger partial charge is 0.407 e. The Labute approximate surface area is 276 Å². The highest BCUT2D eigenvalue weighted by atomic mass is 16.7. The Morgan fingerprint density at radius 1 is 0.792 bits per heavy atom. The van der Waals surface area contributed by atoms with Crippen molar-refractivity contribution in [3.8, 4) is 11.1 Å². The number of carbonyl (C=O) groups excluding carboxylic acids is 5. The van der Waals surface area contributed by atoms with Crippen molar-refractivity contribution in [3.63, 3.8) is 0 Å². The maximum Gasteiger partial charge on any atom is 0.407 e. The Morgan fingerprint density at radius 3 is 1.88 bits per heavy atom. The molecule has 2 unspecified atom stereocenters. The van der Waals surface area contributed by atoms with Gasteiger partial charge in [-0.05, 0) is 29.2 Å². The number of amides is 2. The summed E-state index contributed by atoms with van der Waals surface area (Å²) in [4.78, 5) is 73.2. The molecule has 0 radical (unpaired) electrons. The molecule has 0 aromatic heterocycles. The summed E-state index contributed by atoms with van der Waals surface area (Å²) in [5.41, 5.74) is 3.97. The molecule has 2 aliphatic rings. The summed E-state index contributed by atoms with van der Waals surface area (Å²) in [6.45, 7) is 5.26. The molecule has 2 aromatic rings. The number of rotatable bonds is 12. The fourth-order valence-electron chi connectivity index (χ4n) is 5.84. The number of fused-ring (bicyclic) bond motifs is 3. The molecule has 1 saturated heterocycles. The molecule has 2 aromatic carbocycles. The summed E-state index contributed by atoms with van der Waals surface area (Å²) >= 11 is 0. The molecule has 1 fully saturated rings. The minimum atomic E-state index is -1.69. The first-order valence-corrected chi connectivity index (χ1v) is 15.2. The second-order valence-corrected chi connectivity index (χ2v) is 11.3. The van der Waals surface area contributed by atoms with E-state index >= 15 is 0 Å². The fraction of sp³-hybridized carbons (Fsp3) is 0.455. The monoisotopic (exact) mass is 670 g/mol. The predicted molar refractivity (Wildman–Crippen MR) is 164 cm³/mol. The third-order valence-electron chi connectivity index (χ3n) is 7.77. The molecular formula is C33H38N2O13. The van der Waals surface area contributed by atoms with Gasteiger partial charge in [0, 0.05) is 33.6 Å². The van der Waals surface area contributed by atoms with Gasteiger partial charge < -0.3 is 44.2 Å². The molecule has 0 spiro atoms. The molecule has 48 heavy (non-hydrogen) atoms. The number of carboxylic acid groups (broad SMARTS) is 1. The Hall–Kier alpha value is -5.02. The van der Waals surface area contributed by atoms with Crippen molar-refractivity contribution in [2.45, 2.75) is 83.3 Å². The van der Waals surface area contributed by atoms with Crippen LogP contribution in [-0.4, -0.2) is 97.0 Å². The van der Waals surface area contributed by atoms with Crippen LogP contribution in [0, 0.1) is 0 Å². The first kappa shape index (κ1) is 35.8. The zero-order valence-electron chi connectivity index (χ0n) is 27.0. The van der Waals surface area contributed by atoms with E-state index in [0.29, 0.717) is 0 Å². The first-order valence-electron chi connectivity index (χ1n) is 15.2. The second kappa shape index (κ2) is 15.7. The molecule has 7 atom stereocenters. The molecule has 258 valence electrons. The van der Waals surface area contributed by atoms with Crippen LogP contribution in [-0.2, 0) is 52.4 Å². The molecule has 1 aliphatic heterocycles. The van der Waals surface area contributed by atoms with E-state index in [2.05, 4.69) is 10.6 Å². The molecule has 2 amide bonds. The molecule has 15 heteroatoms. The van der Waals surface area contributed by atoms with Crippen LogP contribution >= 0.6 is 0 Å². The zero-order chi connectivity index (χ0) is 35.1. The second-order valence-electron chi connectivity index (χ2n) is 11.3. The van der Waals surface area contributed by atoms with Crippen molar-refractivity contribution in [1.29, 1.82) is 0 Å². The van der Waals surface area contributed by atoms with Crippen molar-refractivity contribution in [1.82, 2.24) is 10.6 Å². The van der Waals surface area contributed by atoms with Crippen molar-refractivity contribution < 1.29 is 62.3 Å². The lowest BCUT2D eigenvalue weighted by Crippen LogP contribution is -2.67. The number of ether oxygens (including phenoxy) is 6. The molecule has 1 aliphatic carbocycles. The Bertz CT molecular complexity index is 1500. The molecule has 15 nitrogen and oxygen atoms in total. The highest BCUT2D eigenvalue weighted by Gasteiger charge is 2.52. The van der Waals surface area contributed by atoms with Gasteiger partial charge in [0.25, 0.3) is 0 Å². The minimum absolute atomic E-state index is 0.0722. The number of esters is 3. The topological polar surface area (TPSA) is 202 Å². The van der Waals surface area contributed by atoms with Crippen molar-refractivity contribution in [2.24, 2.45) is 0 Å². The molecule has 4 rings (SSSR count). The normalized spacial score (nSPS) is 22.6. The van der Waals surface area contributed by atoms with Crippen LogP contribution in [0.4, 0.5) is 4.79 Å². The van der Waals surface area contributed by atoms with Gasteiger partial charge in [-0.2, -0.15) is 0 Å². The van der Waals surface area contributed by atoms with E-state index in [1.807, 2.05) is 48.5 Å². The van der Waals surface area contributed by atoms with Gasteiger partial charge in [-0.15, -0.1) is 0 Å². The summed E-state index contributed by atoms with van der Waals surface area (Å²) in [6, 6.07) is 12.4. The number of carbonyl (C=O) groups is 6. The lowest BCUT2D eigenvalue weighted by atomic mass is 9.95. The summed E-state index contributed by atoms with van der Waals surface area (Å²) in [5.74, 6) is -4.67. The zero-order valence-corrected chi connectivity index (χ0v) is 27.0. The van der Waals surface area contributed by atoms with Gasteiger partial charge in [-0.25, -0.2) is 9.59 Å². The van der Waals surface area contributed by atoms with Crippen LogP contribution in [0.2, 0.25) is 0 Å². The average molecular weight is 671 g/mol. The molecule has 1 heterocycles. The minimum Gasteiger partial charge on any atom is -0.480 e. The highest BCUT2D eigenvalue weighted by Crippen LogP contribution is 2.44. The van der Waals surface area contributed by atoms with Crippen LogP contribution < -0.4 is 10.6 Å². The van der Waals surface area contributed by atoms with Gasteiger partial charge in [-0.1, -0.05) is 48.5 Å². The summed E-state index contributed by atoms with van der Waals surface area (Å²) in [7, 11) is 0. The number of hydrogen-bond acceptors (Lipinski definition) is 12. The Morgan fingerprint density at radius 2 is 1.35 bits per heavy atom. The van der Waals surface area contributed by atoms with E-state index in [-0.39, 0.29) is 12.5 Å². The van der Waals surface area contributed by atoms with Gasteiger partial charge in [-0.3, -0.25) is 19.2 Å². The molecule has 0 bridgehead atoms. The fourth-order valence-corrected chi connectivity index (χ4v) is 5.84. The lowest BCUT2D eigenvalue weighted by Gasteiger charge is -2.45. The van der Waals surface area contributed by atoms with Gasteiger partial charge >= 0.3 is 30.0 Å². The van der Waals surface area contributed by atoms with Crippen molar-refractivity contribution in [2.75, 3.05) is 13.2 Å². The van der Waals surface area contributed by atoms with Crippen LogP contribution in [0.3, 0.4) is 0 Å². The predicted octanol–water partition coefficient (Wildman–Crippen LogP) is 2.04. The molecular weight excluding hydrogens is 632 g/mol. The number of carboxylic acids is 1. The van der Waals surface area contributed by atoms with Gasteiger partial charge in [0.1, 0.15) is 25.4 Å². The van der Waals surface area contributed by atoms with Gasteiger partial charge in [0.2, 0.25) is 5.91 Å². The van der Waals surface area contributed by atoms with Crippen LogP contribution in [0.5, 0.6) is 0 Å². The van der Waals surface area contributed by atoms with Gasteiger partial charge in [0.15, 0.2) is 24.5 Å². The van der Waals surface area contributed by atoms with E-state index in [0.717, 1.165) is 49.9 Å². The number of benzene rings is 2. The molecule has 3 N–H and O–H groups in total. The number of aliphatic carboxylic acids is 1. The highest BCUT2D eigenvalue weighted by molar-refractivity contribution is 5.81. The summed E-state index contributed by atoms with van der Waals surface area (Å²) < 4.78 is 33.2. The van der Waals surface area contributed by atoms with E-state index in [1.165, 1.54) is 6.92 Å². The van der Waals surface area contributed by atoms with Crippen LogP contribution in [0.1, 0.15) is 51.7 Å². The third-order valence-corrected chi connectivity index (χ3v) is 7.77. The van der Waals surface area contributed by atoms with Gasteiger partial charge in [0.05, 0.1) is 6.10 Å². The van der Waals surface area contributed by atoms with Crippen molar-refractivity contribution >= 4 is 35.9 Å². The summed E-state index contributed by atoms with van der Waals surface area (Å²) in [5, 5.41) is 14.9. The number of nitrogens with one attached hydrogen (secondary N) is 2. The maximum absolute atomic E-state index is 13.0. The van der Waals surface area contributed by atoms with E-state index < -0.39 is 85.3 Å². The molecule has 0 saturated carbocycles. The average Bonchev–Trinajstić information content (AvgIpc) is 3.33. The van der Waals surface area contributed by atoms with E-state index in [4.69, 9.17) is 28.4 Å². The summed E-state index contributed by atoms with van der Waals surface area (Å²) in [6.07, 6.45) is -7.98. The number of hydrogen-bond donors (Lipinski definition) is 3. The van der Waals surface area contributed by atoms with E-state index in [1.54, 1.807) is 0 Å². The van der Waals surface area contributed by atoms with Crippen molar-refractivity contribution in [3.05, 3.63) is 59.7 Å². The SMILES string of the molecule is CC(=O)N[C@H]1[C@H](OC(C)C(NC(=O)OCC2c3ccccc3-c3ccccc32)C(=O)O)O[C@H](COC(C)=O)[C@@H](OC(C)=O)[C@@H]1OC(C)=O. The van der Waals surface area contributed by atoms with Crippen LogP contribution in [0.25, 0.3) is 11.1 Å². The number of alkyl carbamates (subject to hydrolysis) is 1. The van der Waals surface area contributed by atoms with E-state index in [9.17, 15) is 33.9 Å². The largest absolute Gasteiger partial charge is 0.480 e. The maximum atomic E-state index is 13.0. The van der Waals surface area contributed by atoms with Crippen LogP contribution in [0.15, 0.2) is 48.5 Å². The third kappa shape index (κ3) is 8.66. The quantitative estimate of drug-likeness (QED) is 0.219. The first-order chi connectivity index (χ1) is 22.8. The standard InChI is InChI=1S/C33H38N2O13/c1-16(27(31(40)41)35-33(42)44-14-25-23-12-8-6-10-21(23)22-11-7-9-13-24(22)25)45-32-28(34-17(2)36)30(47-20(5)39)29(46-19(4)38)26(48-32)15-43-18(3)37/h6-13,16,25-30,32H,14-15H2,1-5H3,(H,34,36)(H,35,42)(H,40,41)/t16?,26-,27?,28-,29-,30-,32-/m1/s1. The lowest BCUT2D eigenvalue weighted by molar-refractivity contribution is -0.287. The Balaban J connectivity index is 1.52.